The van der Waals surface area contributed by atoms with Crippen molar-refractivity contribution < 1.29 is 18.7 Å². The molecule has 1 aliphatic heterocycles. The van der Waals surface area contributed by atoms with Crippen molar-refractivity contribution in [1.82, 2.24) is 5.32 Å². The summed E-state index contributed by atoms with van der Waals surface area (Å²) in [4.78, 5) is 23.6. The highest BCUT2D eigenvalue weighted by molar-refractivity contribution is 6.12. The van der Waals surface area contributed by atoms with Crippen molar-refractivity contribution in [3.8, 4) is 5.75 Å². The van der Waals surface area contributed by atoms with Gasteiger partial charge in [0.25, 0.3) is 0 Å². The molecule has 0 aromatic heterocycles. The van der Waals surface area contributed by atoms with Crippen molar-refractivity contribution >= 4 is 17.6 Å². The Bertz CT molecular complexity index is 461. The van der Waals surface area contributed by atoms with Crippen LogP contribution in [-0.2, 0) is 4.79 Å². The lowest BCUT2D eigenvalue weighted by Gasteiger charge is -2.16. The predicted octanol–water partition coefficient (Wildman–Crippen LogP) is 0.890. The maximum atomic E-state index is 12.9. The molecule has 0 bridgehead atoms. The Morgan fingerprint density at radius 1 is 1.44 bits per heavy atom. The van der Waals surface area contributed by atoms with E-state index in [4.69, 9.17) is 4.74 Å². The van der Waals surface area contributed by atoms with Gasteiger partial charge in [-0.2, -0.15) is 0 Å². The molecule has 1 N–H and O–H groups in total. The zero-order chi connectivity index (χ0) is 11.7. The summed E-state index contributed by atoms with van der Waals surface area (Å²) in [5, 5.41) is 2.13. The van der Waals surface area contributed by atoms with Crippen LogP contribution in [0.15, 0.2) is 18.2 Å². The third kappa shape index (κ3) is 1.69. The van der Waals surface area contributed by atoms with Crippen LogP contribution < -0.4 is 15.0 Å². The lowest BCUT2D eigenvalue weighted by Crippen LogP contribution is -2.28. The number of carbonyl (C=O) groups excluding carboxylic acids is 2. The molecule has 5 nitrogen and oxygen atoms in total. The van der Waals surface area contributed by atoms with Gasteiger partial charge in [0.05, 0.1) is 12.8 Å². The molecule has 1 aromatic carbocycles. The summed E-state index contributed by atoms with van der Waals surface area (Å²) >= 11 is 0. The maximum Gasteiger partial charge on any atom is 0.329 e. The molecule has 1 fully saturated rings. The average molecular weight is 224 g/mol. The third-order valence-corrected chi connectivity index (χ3v) is 2.23. The molecule has 0 spiro atoms. The summed E-state index contributed by atoms with van der Waals surface area (Å²) < 4.78 is 17.9. The first kappa shape index (κ1) is 10.4. The molecule has 16 heavy (non-hydrogen) atoms. The van der Waals surface area contributed by atoms with E-state index in [2.05, 4.69) is 5.32 Å². The fourth-order valence-corrected chi connectivity index (χ4v) is 1.51. The lowest BCUT2D eigenvalue weighted by atomic mass is 10.2. The van der Waals surface area contributed by atoms with E-state index in [1.54, 1.807) is 0 Å². The minimum Gasteiger partial charge on any atom is -0.494 e. The quantitative estimate of drug-likeness (QED) is 0.759. The van der Waals surface area contributed by atoms with E-state index in [0.717, 1.165) is 6.07 Å². The van der Waals surface area contributed by atoms with Crippen LogP contribution >= 0.6 is 0 Å². The number of carbonyl (C=O) groups is 2. The van der Waals surface area contributed by atoms with Crippen molar-refractivity contribution in [2.45, 2.75) is 0 Å². The van der Waals surface area contributed by atoms with Crippen LogP contribution in [0.4, 0.5) is 14.9 Å². The van der Waals surface area contributed by atoms with Gasteiger partial charge in [0, 0.05) is 6.07 Å². The van der Waals surface area contributed by atoms with Crippen molar-refractivity contribution in [1.29, 1.82) is 0 Å². The van der Waals surface area contributed by atoms with Crippen LogP contribution in [0.2, 0.25) is 0 Å². The monoisotopic (exact) mass is 224 g/mol. The second kappa shape index (κ2) is 3.80. The second-order valence-electron chi connectivity index (χ2n) is 3.26. The Labute approximate surface area is 90.8 Å². The van der Waals surface area contributed by atoms with E-state index in [1.807, 2.05) is 0 Å². The summed E-state index contributed by atoms with van der Waals surface area (Å²) in [6, 6.07) is 3.22. The van der Waals surface area contributed by atoms with Gasteiger partial charge in [-0.3, -0.25) is 15.0 Å². The smallest absolute Gasteiger partial charge is 0.329 e. The van der Waals surface area contributed by atoms with Crippen LogP contribution in [0.5, 0.6) is 5.75 Å². The number of urea groups is 1. The molecule has 2 rings (SSSR count). The SMILES string of the molecule is COc1cc(F)ccc1N1CC(=O)NC1=O. The molecule has 0 atom stereocenters. The van der Waals surface area contributed by atoms with Gasteiger partial charge in [-0.1, -0.05) is 0 Å². The normalized spacial score (nSPS) is 15.2. The number of hydrogen-bond donors (Lipinski definition) is 1. The Kier molecular flexibility index (Phi) is 2.47. The molecule has 0 unspecified atom stereocenters. The summed E-state index contributed by atoms with van der Waals surface area (Å²) in [6.45, 7) is -0.0825. The predicted molar refractivity (Wildman–Crippen MR) is 53.8 cm³/mol. The molecule has 3 amide bonds. The molecule has 1 aliphatic rings. The third-order valence-electron chi connectivity index (χ3n) is 2.23. The fourth-order valence-electron chi connectivity index (χ4n) is 1.51. The first-order valence-electron chi connectivity index (χ1n) is 4.56. The number of nitrogens with zero attached hydrogens (tertiary/aromatic N) is 1. The molecule has 0 saturated carbocycles. The van der Waals surface area contributed by atoms with Gasteiger partial charge < -0.3 is 4.74 Å². The number of anilines is 1. The summed E-state index contributed by atoms with van der Waals surface area (Å²) in [6.07, 6.45) is 0. The van der Waals surface area contributed by atoms with Gasteiger partial charge in [0.15, 0.2) is 0 Å². The van der Waals surface area contributed by atoms with E-state index in [1.165, 1.54) is 24.1 Å². The lowest BCUT2D eigenvalue weighted by molar-refractivity contribution is -0.117. The maximum absolute atomic E-state index is 12.9. The van der Waals surface area contributed by atoms with E-state index in [-0.39, 0.29) is 12.3 Å². The molecule has 1 aromatic rings. The zero-order valence-corrected chi connectivity index (χ0v) is 8.49. The van der Waals surface area contributed by atoms with Crippen LogP contribution in [-0.4, -0.2) is 25.6 Å². The minimum absolute atomic E-state index is 0.0825. The van der Waals surface area contributed by atoms with Crippen molar-refractivity contribution in [3.05, 3.63) is 24.0 Å². The Morgan fingerprint density at radius 3 is 2.75 bits per heavy atom. The van der Waals surface area contributed by atoms with Crippen LogP contribution in [0.25, 0.3) is 0 Å². The number of hydrogen-bond acceptors (Lipinski definition) is 3. The largest absolute Gasteiger partial charge is 0.494 e. The molecule has 1 heterocycles. The second-order valence-corrected chi connectivity index (χ2v) is 3.26. The van der Waals surface area contributed by atoms with Crippen molar-refractivity contribution in [2.24, 2.45) is 0 Å². The van der Waals surface area contributed by atoms with Crippen LogP contribution in [0.1, 0.15) is 0 Å². The van der Waals surface area contributed by atoms with E-state index < -0.39 is 17.8 Å². The van der Waals surface area contributed by atoms with Gasteiger partial charge in [0.1, 0.15) is 18.1 Å². The van der Waals surface area contributed by atoms with E-state index in [0.29, 0.717) is 5.69 Å². The summed E-state index contributed by atoms with van der Waals surface area (Å²) in [5.41, 5.74) is 0.368. The van der Waals surface area contributed by atoms with Gasteiger partial charge in [-0.15, -0.1) is 0 Å². The average Bonchev–Trinajstić information content (AvgIpc) is 2.57. The number of imide groups is 1. The molecule has 0 radical (unpaired) electrons. The minimum atomic E-state index is -0.532. The zero-order valence-electron chi connectivity index (χ0n) is 8.49. The number of nitrogens with one attached hydrogen (secondary N) is 1. The van der Waals surface area contributed by atoms with Gasteiger partial charge >= 0.3 is 6.03 Å². The van der Waals surface area contributed by atoms with E-state index in [9.17, 15) is 14.0 Å². The van der Waals surface area contributed by atoms with E-state index >= 15 is 0 Å². The summed E-state index contributed by atoms with van der Waals surface area (Å²) in [7, 11) is 1.37. The molecule has 6 heteroatoms. The van der Waals surface area contributed by atoms with Gasteiger partial charge in [-0.25, -0.2) is 9.18 Å². The van der Waals surface area contributed by atoms with Crippen molar-refractivity contribution in [2.75, 3.05) is 18.6 Å². The molecular formula is C10H9FN2O3. The van der Waals surface area contributed by atoms with Crippen molar-refractivity contribution in [3.63, 3.8) is 0 Å². The number of ether oxygens (including phenoxy) is 1. The summed E-state index contributed by atoms with van der Waals surface area (Å²) in [5.74, 6) is -0.646. The highest BCUT2D eigenvalue weighted by Gasteiger charge is 2.29. The highest BCUT2D eigenvalue weighted by atomic mass is 19.1. The number of halogens is 1. The number of benzene rings is 1. The van der Waals surface area contributed by atoms with Gasteiger partial charge in [-0.05, 0) is 12.1 Å². The van der Waals surface area contributed by atoms with Crippen LogP contribution in [0, 0.1) is 5.82 Å². The number of amides is 3. The fraction of sp³-hybridized carbons (Fsp3) is 0.200. The molecule has 84 valence electrons. The standard InChI is InChI=1S/C10H9FN2O3/c1-16-8-4-6(11)2-3-7(8)13-5-9(14)12-10(13)15/h2-4H,5H2,1H3,(H,12,14,15). The first-order chi connectivity index (χ1) is 7.61. The molecular weight excluding hydrogens is 215 g/mol. The Balaban J connectivity index is 2.40. The topological polar surface area (TPSA) is 58.6 Å². The molecule has 1 saturated heterocycles. The first-order valence-corrected chi connectivity index (χ1v) is 4.56. The number of rotatable bonds is 2. The Morgan fingerprint density at radius 2 is 2.19 bits per heavy atom. The Hall–Kier alpha value is -2.11. The van der Waals surface area contributed by atoms with Gasteiger partial charge in [0.2, 0.25) is 5.91 Å². The highest BCUT2D eigenvalue weighted by Crippen LogP contribution is 2.29. The number of methoxy groups -OCH3 is 1. The molecule has 0 aliphatic carbocycles. The van der Waals surface area contributed by atoms with Crippen LogP contribution in [0.3, 0.4) is 0 Å².